The van der Waals surface area contributed by atoms with E-state index in [4.69, 9.17) is 4.74 Å². The van der Waals surface area contributed by atoms with E-state index in [-0.39, 0.29) is 30.1 Å². The van der Waals surface area contributed by atoms with Crippen molar-refractivity contribution in [1.82, 2.24) is 14.6 Å². The number of benzene rings is 1. The van der Waals surface area contributed by atoms with Crippen LogP contribution >= 0.6 is 0 Å². The lowest BCUT2D eigenvalue weighted by molar-refractivity contribution is -0.130. The number of allylic oxidation sites excluding steroid dienone is 1. The fourth-order valence-corrected chi connectivity index (χ4v) is 3.25. The number of nitrogens with one attached hydrogen (secondary N) is 1. The molecule has 2 N–H and O–H groups in total. The van der Waals surface area contributed by atoms with E-state index in [9.17, 15) is 19.5 Å². The predicted molar refractivity (Wildman–Crippen MR) is 103 cm³/mol. The number of para-hydroxylation sites is 1. The first-order chi connectivity index (χ1) is 13.4. The van der Waals surface area contributed by atoms with Crippen molar-refractivity contribution in [3.63, 3.8) is 0 Å². The molecule has 146 valence electrons. The molecule has 0 bridgehead atoms. The summed E-state index contributed by atoms with van der Waals surface area (Å²) in [6.45, 7) is 4.90. The van der Waals surface area contributed by atoms with E-state index in [1.165, 1.54) is 25.1 Å². The van der Waals surface area contributed by atoms with Gasteiger partial charge in [-0.25, -0.2) is 9.80 Å². The average Bonchev–Trinajstić information content (AvgIpc) is 3.10. The number of rotatable bonds is 5. The lowest BCUT2D eigenvalue weighted by atomic mass is 9.98. The highest BCUT2D eigenvalue weighted by atomic mass is 16.5. The second-order valence-electron chi connectivity index (χ2n) is 6.23. The number of carbonyl (C=O) groups is 1. The molecule has 0 unspecified atom stereocenters. The van der Waals surface area contributed by atoms with Crippen LogP contribution in [0.5, 0.6) is 11.6 Å². The van der Waals surface area contributed by atoms with Crippen molar-refractivity contribution in [2.75, 3.05) is 7.11 Å². The minimum Gasteiger partial charge on any atom is -0.496 e. The Labute approximate surface area is 160 Å². The van der Waals surface area contributed by atoms with Gasteiger partial charge >= 0.3 is 5.69 Å². The summed E-state index contributed by atoms with van der Waals surface area (Å²) in [4.78, 5) is 38.6. The molecule has 1 aliphatic rings. The van der Waals surface area contributed by atoms with E-state index in [0.717, 1.165) is 4.57 Å². The van der Waals surface area contributed by atoms with Crippen molar-refractivity contribution in [2.45, 2.75) is 25.9 Å². The van der Waals surface area contributed by atoms with E-state index in [0.29, 0.717) is 11.3 Å². The molecule has 0 spiro atoms. The van der Waals surface area contributed by atoms with Gasteiger partial charge in [-0.15, -0.1) is 6.58 Å². The molecule has 2 heterocycles. The van der Waals surface area contributed by atoms with Crippen molar-refractivity contribution in [1.29, 1.82) is 0 Å². The molecular formula is C19H20N4O5. The number of hydrogen-bond acceptors (Lipinski definition) is 6. The van der Waals surface area contributed by atoms with E-state index >= 15 is 0 Å². The third-order valence-electron chi connectivity index (χ3n) is 4.50. The van der Waals surface area contributed by atoms with E-state index in [2.05, 4.69) is 16.7 Å². The zero-order chi connectivity index (χ0) is 20.4. The molecule has 1 atom stereocenters. The number of aromatic hydroxyl groups is 1. The third kappa shape index (κ3) is 3.22. The first-order valence-electron chi connectivity index (χ1n) is 8.56. The molecule has 0 fully saturated rings. The van der Waals surface area contributed by atoms with Crippen LogP contribution in [0, 0.1) is 0 Å². The van der Waals surface area contributed by atoms with Crippen LogP contribution in [-0.4, -0.2) is 38.4 Å². The Morgan fingerprint density at radius 2 is 2.14 bits per heavy atom. The number of ether oxygens (including phenoxy) is 1. The second-order valence-corrected chi connectivity index (χ2v) is 6.23. The van der Waals surface area contributed by atoms with Gasteiger partial charge in [0.05, 0.1) is 18.9 Å². The Bertz CT molecular complexity index is 1080. The number of aromatic amines is 1. The van der Waals surface area contributed by atoms with Crippen LogP contribution in [-0.2, 0) is 11.3 Å². The summed E-state index contributed by atoms with van der Waals surface area (Å²) in [6, 6.07) is 6.67. The standard InChI is InChI=1S/C19H20N4O5/c1-4-9-22-18(26)16(17(25)20-19(22)27)13-10-14(23(21-13)11(2)24)12-7-5-6-8-15(12)28-3/h4-8,14,26H,1,9-10H2,2-3H3,(H,20,25,27)/t14-/m0/s1. The minimum absolute atomic E-state index is 0.00802. The normalized spacial score (nSPS) is 16.0. The first-order valence-corrected chi connectivity index (χ1v) is 8.56. The molecule has 0 aliphatic carbocycles. The van der Waals surface area contributed by atoms with Crippen LogP contribution in [0.15, 0.2) is 51.6 Å². The Balaban J connectivity index is 2.13. The summed E-state index contributed by atoms with van der Waals surface area (Å²) in [6.07, 6.45) is 1.59. The van der Waals surface area contributed by atoms with Gasteiger partial charge in [-0.1, -0.05) is 24.3 Å². The van der Waals surface area contributed by atoms with Gasteiger partial charge in [-0.3, -0.25) is 19.1 Å². The number of amides is 1. The molecule has 9 heteroatoms. The fourth-order valence-electron chi connectivity index (χ4n) is 3.25. The van der Waals surface area contributed by atoms with Crippen molar-refractivity contribution in [3.05, 3.63) is 68.9 Å². The van der Waals surface area contributed by atoms with Gasteiger partial charge in [0.1, 0.15) is 11.3 Å². The summed E-state index contributed by atoms with van der Waals surface area (Å²) in [5.74, 6) is -0.275. The first kappa shape index (κ1) is 19.2. The van der Waals surface area contributed by atoms with Crippen molar-refractivity contribution < 1.29 is 14.6 Å². The number of aromatic nitrogens is 2. The Morgan fingerprint density at radius 3 is 2.79 bits per heavy atom. The second kappa shape index (κ2) is 7.55. The lowest BCUT2D eigenvalue weighted by Crippen LogP contribution is -2.33. The van der Waals surface area contributed by atoms with Crippen LogP contribution in [0.3, 0.4) is 0 Å². The topological polar surface area (TPSA) is 117 Å². The maximum Gasteiger partial charge on any atom is 0.331 e. The summed E-state index contributed by atoms with van der Waals surface area (Å²) in [7, 11) is 1.52. The van der Waals surface area contributed by atoms with Gasteiger partial charge in [0.25, 0.3) is 5.56 Å². The lowest BCUT2D eigenvalue weighted by Gasteiger charge is -2.22. The summed E-state index contributed by atoms with van der Waals surface area (Å²) >= 11 is 0. The molecule has 1 amide bonds. The number of carbonyl (C=O) groups excluding carboxylic acids is 1. The van der Waals surface area contributed by atoms with Gasteiger partial charge in [0.15, 0.2) is 0 Å². The number of hydrazone groups is 1. The number of H-pyrrole nitrogens is 1. The molecule has 2 aromatic rings. The van der Waals surface area contributed by atoms with Crippen LogP contribution in [0.25, 0.3) is 0 Å². The van der Waals surface area contributed by atoms with Crippen LogP contribution in [0.1, 0.15) is 30.5 Å². The third-order valence-corrected chi connectivity index (χ3v) is 4.50. The molecule has 1 aromatic heterocycles. The zero-order valence-corrected chi connectivity index (χ0v) is 15.5. The molecular weight excluding hydrogens is 364 g/mol. The molecule has 0 saturated heterocycles. The molecule has 1 aliphatic heterocycles. The van der Waals surface area contributed by atoms with Gasteiger partial charge in [0, 0.05) is 25.5 Å². The van der Waals surface area contributed by atoms with Crippen molar-refractivity contribution >= 4 is 11.6 Å². The summed E-state index contributed by atoms with van der Waals surface area (Å²) in [5, 5.41) is 16.0. The van der Waals surface area contributed by atoms with Crippen LogP contribution in [0.4, 0.5) is 0 Å². The molecule has 28 heavy (non-hydrogen) atoms. The largest absolute Gasteiger partial charge is 0.496 e. The molecule has 9 nitrogen and oxygen atoms in total. The summed E-state index contributed by atoms with van der Waals surface area (Å²) in [5.41, 5.74) is -0.762. The Kier molecular flexibility index (Phi) is 5.16. The van der Waals surface area contributed by atoms with Gasteiger partial charge < -0.3 is 9.84 Å². The Hall–Kier alpha value is -3.62. The number of hydrogen-bond donors (Lipinski definition) is 2. The van der Waals surface area contributed by atoms with Gasteiger partial charge in [-0.2, -0.15) is 5.10 Å². The van der Waals surface area contributed by atoms with E-state index in [1.54, 1.807) is 18.2 Å². The van der Waals surface area contributed by atoms with Crippen LogP contribution in [0.2, 0.25) is 0 Å². The monoisotopic (exact) mass is 384 g/mol. The zero-order valence-electron chi connectivity index (χ0n) is 15.5. The highest BCUT2D eigenvalue weighted by Crippen LogP contribution is 2.37. The fraction of sp³-hybridized carbons (Fsp3) is 0.263. The predicted octanol–water partition coefficient (Wildman–Crippen LogP) is 1.13. The molecule has 3 rings (SSSR count). The van der Waals surface area contributed by atoms with Crippen molar-refractivity contribution in [3.8, 4) is 11.6 Å². The Morgan fingerprint density at radius 1 is 1.43 bits per heavy atom. The minimum atomic E-state index is -0.772. The van der Waals surface area contributed by atoms with Crippen molar-refractivity contribution in [2.24, 2.45) is 5.10 Å². The average molecular weight is 384 g/mol. The molecule has 1 aromatic carbocycles. The molecule has 0 saturated carbocycles. The highest BCUT2D eigenvalue weighted by Gasteiger charge is 2.35. The van der Waals surface area contributed by atoms with Crippen LogP contribution < -0.4 is 16.0 Å². The van der Waals surface area contributed by atoms with E-state index in [1.807, 2.05) is 6.07 Å². The number of methoxy groups -OCH3 is 1. The van der Waals surface area contributed by atoms with E-state index < -0.39 is 23.2 Å². The molecule has 0 radical (unpaired) electrons. The smallest absolute Gasteiger partial charge is 0.331 e. The maximum absolute atomic E-state index is 12.4. The SMILES string of the molecule is C=CCn1c(O)c(C2=NN(C(C)=O)[C@H](c3ccccc3OC)C2)c(=O)[nH]c1=O. The maximum atomic E-state index is 12.4. The quantitative estimate of drug-likeness (QED) is 0.750. The number of nitrogens with zero attached hydrogens (tertiary/aromatic N) is 3. The summed E-state index contributed by atoms with van der Waals surface area (Å²) < 4.78 is 6.35. The van der Waals surface area contributed by atoms with Gasteiger partial charge in [0.2, 0.25) is 11.8 Å². The van der Waals surface area contributed by atoms with Gasteiger partial charge in [-0.05, 0) is 6.07 Å². The highest BCUT2D eigenvalue weighted by molar-refractivity contribution is 6.04.